The Balaban J connectivity index is 2.64. The van der Waals surface area contributed by atoms with Crippen molar-refractivity contribution in [3.8, 4) is 0 Å². The summed E-state index contributed by atoms with van der Waals surface area (Å²) in [7, 11) is 0. The Kier molecular flexibility index (Phi) is 4.78. The maximum Gasteiger partial charge on any atom is 0.360 e. The summed E-state index contributed by atoms with van der Waals surface area (Å²) in [5, 5.41) is 0. The number of ether oxygens (including phenoxy) is 2. The van der Waals surface area contributed by atoms with Crippen LogP contribution in [0.25, 0.3) is 0 Å². The topological polar surface area (TPSA) is 79.4 Å². The summed E-state index contributed by atoms with van der Waals surface area (Å²) >= 11 is 0. The lowest BCUT2D eigenvalue weighted by molar-refractivity contribution is 0.0521. The van der Waals surface area contributed by atoms with Gasteiger partial charge in [0.25, 0.3) is 0 Å². The van der Waals surface area contributed by atoms with Crippen molar-refractivity contribution >= 4 is 11.8 Å². The van der Waals surface area contributed by atoms with Crippen molar-refractivity contribution < 1.29 is 14.3 Å². The molecule has 1 rings (SSSR count). The average Bonchev–Trinajstić information content (AvgIpc) is 2.61. The Labute approximate surface area is 94.4 Å². The molecule has 0 aliphatic carbocycles. The van der Waals surface area contributed by atoms with Crippen LogP contribution in [0.3, 0.4) is 0 Å². The van der Waals surface area contributed by atoms with Crippen LogP contribution in [0.15, 0.2) is 6.33 Å². The van der Waals surface area contributed by atoms with E-state index in [9.17, 15) is 4.79 Å². The van der Waals surface area contributed by atoms with E-state index in [0.29, 0.717) is 32.2 Å². The van der Waals surface area contributed by atoms with Crippen LogP contribution in [-0.2, 0) is 16.0 Å². The van der Waals surface area contributed by atoms with Crippen LogP contribution >= 0.6 is 0 Å². The zero-order chi connectivity index (χ0) is 12.0. The second-order valence-corrected chi connectivity index (χ2v) is 3.09. The van der Waals surface area contributed by atoms with Crippen molar-refractivity contribution in [2.45, 2.75) is 20.4 Å². The van der Waals surface area contributed by atoms with E-state index in [2.05, 4.69) is 4.98 Å². The fourth-order valence-electron chi connectivity index (χ4n) is 1.23. The minimum Gasteiger partial charge on any atom is -0.461 e. The van der Waals surface area contributed by atoms with E-state index < -0.39 is 5.97 Å². The Morgan fingerprint density at radius 1 is 1.50 bits per heavy atom. The molecule has 90 valence electrons. The molecular weight excluding hydrogens is 210 g/mol. The number of carbonyl (C=O) groups excluding carboxylic acids is 1. The van der Waals surface area contributed by atoms with Crippen LogP contribution in [0.1, 0.15) is 24.3 Å². The van der Waals surface area contributed by atoms with Gasteiger partial charge in [0, 0.05) is 13.2 Å². The van der Waals surface area contributed by atoms with Crippen molar-refractivity contribution in [1.29, 1.82) is 0 Å². The molecular formula is C10H17N3O3. The molecule has 0 spiro atoms. The first kappa shape index (κ1) is 12.5. The zero-order valence-corrected chi connectivity index (χ0v) is 9.60. The van der Waals surface area contributed by atoms with Gasteiger partial charge in [0.1, 0.15) is 5.82 Å². The maximum atomic E-state index is 11.4. The van der Waals surface area contributed by atoms with Crippen LogP contribution in [0.4, 0.5) is 5.82 Å². The van der Waals surface area contributed by atoms with Crippen molar-refractivity contribution in [3.63, 3.8) is 0 Å². The smallest absolute Gasteiger partial charge is 0.360 e. The number of esters is 1. The van der Waals surface area contributed by atoms with Gasteiger partial charge in [-0.15, -0.1) is 0 Å². The number of nitrogen functional groups attached to an aromatic ring is 1. The number of nitrogens with two attached hydrogens (primary N) is 1. The highest BCUT2D eigenvalue weighted by Gasteiger charge is 2.16. The molecule has 2 N–H and O–H groups in total. The summed E-state index contributed by atoms with van der Waals surface area (Å²) in [6.07, 6.45) is 1.51. The average molecular weight is 227 g/mol. The summed E-state index contributed by atoms with van der Waals surface area (Å²) < 4.78 is 11.7. The molecule has 0 atom stereocenters. The van der Waals surface area contributed by atoms with Crippen LogP contribution in [0, 0.1) is 0 Å². The molecule has 0 amide bonds. The summed E-state index contributed by atoms with van der Waals surface area (Å²) in [5.74, 6) is -0.173. The van der Waals surface area contributed by atoms with Gasteiger partial charge in [0.2, 0.25) is 0 Å². The van der Waals surface area contributed by atoms with E-state index in [4.69, 9.17) is 15.2 Å². The molecule has 1 heterocycles. The van der Waals surface area contributed by atoms with Gasteiger partial charge >= 0.3 is 5.97 Å². The largest absolute Gasteiger partial charge is 0.461 e. The maximum absolute atomic E-state index is 11.4. The minimum atomic E-state index is -0.491. The molecule has 0 aliphatic rings. The molecule has 6 nitrogen and oxygen atoms in total. The number of rotatable bonds is 6. The Hall–Kier alpha value is -1.56. The van der Waals surface area contributed by atoms with E-state index in [1.165, 1.54) is 6.33 Å². The van der Waals surface area contributed by atoms with Crippen molar-refractivity contribution in [1.82, 2.24) is 9.55 Å². The monoisotopic (exact) mass is 227 g/mol. The lowest BCUT2D eigenvalue weighted by atomic mass is 10.4. The van der Waals surface area contributed by atoms with Gasteiger partial charge in [-0.25, -0.2) is 9.78 Å². The van der Waals surface area contributed by atoms with Crippen LogP contribution in [0.5, 0.6) is 0 Å². The first-order chi connectivity index (χ1) is 7.70. The fraction of sp³-hybridized carbons (Fsp3) is 0.600. The molecule has 0 radical (unpaired) electrons. The van der Waals surface area contributed by atoms with E-state index in [1.807, 2.05) is 6.92 Å². The minimum absolute atomic E-state index is 0.165. The third-order valence-corrected chi connectivity index (χ3v) is 2.03. The fourth-order valence-corrected chi connectivity index (χ4v) is 1.23. The highest BCUT2D eigenvalue weighted by atomic mass is 16.5. The quantitative estimate of drug-likeness (QED) is 0.571. The van der Waals surface area contributed by atoms with E-state index in [0.717, 1.165) is 0 Å². The van der Waals surface area contributed by atoms with Crippen molar-refractivity contribution in [2.24, 2.45) is 0 Å². The third-order valence-electron chi connectivity index (χ3n) is 2.03. The van der Waals surface area contributed by atoms with Crippen LogP contribution < -0.4 is 5.73 Å². The molecule has 0 saturated heterocycles. The van der Waals surface area contributed by atoms with Gasteiger partial charge in [-0.2, -0.15) is 0 Å². The predicted molar refractivity (Wildman–Crippen MR) is 59.1 cm³/mol. The molecule has 0 aromatic carbocycles. The van der Waals surface area contributed by atoms with Gasteiger partial charge in [0.15, 0.2) is 5.69 Å². The highest BCUT2D eigenvalue weighted by molar-refractivity contribution is 5.92. The lowest BCUT2D eigenvalue weighted by Gasteiger charge is -2.05. The molecule has 0 aliphatic heterocycles. The number of imidazole rings is 1. The van der Waals surface area contributed by atoms with Crippen molar-refractivity contribution in [2.75, 3.05) is 25.6 Å². The Morgan fingerprint density at radius 2 is 2.25 bits per heavy atom. The molecule has 0 saturated carbocycles. The molecule has 16 heavy (non-hydrogen) atoms. The Morgan fingerprint density at radius 3 is 2.88 bits per heavy atom. The third kappa shape index (κ3) is 2.96. The second kappa shape index (κ2) is 6.12. The summed E-state index contributed by atoms with van der Waals surface area (Å²) in [6, 6.07) is 0. The number of carbonyl (C=O) groups is 1. The van der Waals surface area contributed by atoms with Gasteiger partial charge in [-0.3, -0.25) is 0 Å². The van der Waals surface area contributed by atoms with E-state index >= 15 is 0 Å². The predicted octanol–water partition coefficient (Wildman–Crippen LogP) is 0.679. The van der Waals surface area contributed by atoms with Gasteiger partial charge < -0.3 is 19.8 Å². The summed E-state index contributed by atoms with van der Waals surface area (Å²) in [5.41, 5.74) is 5.93. The summed E-state index contributed by atoms with van der Waals surface area (Å²) in [6.45, 7) is 5.73. The normalized spacial score (nSPS) is 10.4. The molecule has 0 bridgehead atoms. The van der Waals surface area contributed by atoms with Gasteiger partial charge in [-0.05, 0) is 13.8 Å². The number of hydrogen-bond acceptors (Lipinski definition) is 5. The Bertz CT molecular complexity index is 349. The number of hydrogen-bond donors (Lipinski definition) is 1. The van der Waals surface area contributed by atoms with Gasteiger partial charge in [0.05, 0.1) is 19.5 Å². The lowest BCUT2D eigenvalue weighted by Crippen LogP contribution is -2.11. The number of nitrogens with zero attached hydrogens (tertiary/aromatic N) is 2. The number of anilines is 1. The van der Waals surface area contributed by atoms with E-state index in [1.54, 1.807) is 11.5 Å². The highest BCUT2D eigenvalue weighted by Crippen LogP contribution is 2.11. The number of aromatic nitrogens is 2. The first-order valence-corrected chi connectivity index (χ1v) is 5.26. The van der Waals surface area contributed by atoms with Crippen LogP contribution in [-0.4, -0.2) is 35.3 Å². The summed E-state index contributed by atoms with van der Waals surface area (Å²) in [4.78, 5) is 15.3. The zero-order valence-electron chi connectivity index (χ0n) is 9.60. The van der Waals surface area contributed by atoms with Crippen molar-refractivity contribution in [3.05, 3.63) is 12.0 Å². The molecule has 0 unspecified atom stereocenters. The molecule has 6 heteroatoms. The molecule has 0 fully saturated rings. The van der Waals surface area contributed by atoms with Crippen LogP contribution in [0.2, 0.25) is 0 Å². The van der Waals surface area contributed by atoms with E-state index in [-0.39, 0.29) is 5.69 Å². The second-order valence-electron chi connectivity index (χ2n) is 3.09. The molecule has 1 aromatic heterocycles. The molecule has 1 aromatic rings. The van der Waals surface area contributed by atoms with Gasteiger partial charge in [-0.1, -0.05) is 0 Å². The standard InChI is InChI=1S/C10H17N3O3/c1-3-15-6-5-13-7-12-8(9(13)11)10(14)16-4-2/h7H,3-6,11H2,1-2H3. The SMILES string of the molecule is CCOCCn1cnc(C(=O)OCC)c1N. The first-order valence-electron chi connectivity index (χ1n) is 5.26.